The van der Waals surface area contributed by atoms with E-state index in [1.165, 1.54) is 38.5 Å². The van der Waals surface area contributed by atoms with Gasteiger partial charge >= 0.3 is 0 Å². The highest BCUT2D eigenvalue weighted by Crippen LogP contribution is 2.16. The van der Waals surface area contributed by atoms with E-state index in [9.17, 15) is 0 Å². The molecular formula is C11H21BrO. The van der Waals surface area contributed by atoms with Crippen LogP contribution in [0.2, 0.25) is 0 Å². The van der Waals surface area contributed by atoms with Gasteiger partial charge in [0.25, 0.3) is 0 Å². The van der Waals surface area contributed by atoms with E-state index in [4.69, 9.17) is 5.11 Å². The summed E-state index contributed by atoms with van der Waals surface area (Å²) in [5.74, 6) is 0.258. The predicted molar refractivity (Wildman–Crippen MR) is 62.5 cm³/mol. The third-order valence-electron chi connectivity index (χ3n) is 2.17. The number of hydrogen-bond acceptors (Lipinski definition) is 1. The Morgan fingerprint density at radius 2 is 1.77 bits per heavy atom. The lowest BCUT2D eigenvalue weighted by molar-refractivity contribution is 0.390. The molecule has 2 heteroatoms. The Hall–Kier alpha value is 0.0200. The minimum atomic E-state index is 0.0960. The van der Waals surface area contributed by atoms with E-state index in [2.05, 4.69) is 29.4 Å². The number of hydrogen-bond donors (Lipinski definition) is 1. The first-order valence-corrected chi connectivity index (χ1v) is 6.12. The van der Waals surface area contributed by atoms with Crippen LogP contribution in [0.5, 0.6) is 0 Å². The summed E-state index contributed by atoms with van der Waals surface area (Å²) in [7, 11) is 0. The smallest absolute Gasteiger partial charge is 0.0987 e. The van der Waals surface area contributed by atoms with Crippen LogP contribution in [-0.4, -0.2) is 9.93 Å². The molecule has 1 N–H and O–H groups in total. The molecule has 0 heterocycles. The van der Waals surface area contributed by atoms with Gasteiger partial charge in [-0.05, 0) is 6.42 Å². The first kappa shape index (κ1) is 13.0. The van der Waals surface area contributed by atoms with Crippen molar-refractivity contribution in [2.24, 2.45) is 0 Å². The number of allylic oxidation sites excluding steroid dienone is 1. The Balaban J connectivity index is 3.11. The second-order valence-corrected chi connectivity index (χ2v) is 4.62. The molecule has 0 rings (SSSR count). The average Bonchev–Trinajstić information content (AvgIpc) is 2.10. The highest BCUT2D eigenvalue weighted by Gasteiger charge is 2.05. The number of unbranched alkanes of at least 4 members (excludes halogenated alkanes) is 5. The molecule has 0 saturated carbocycles. The summed E-state index contributed by atoms with van der Waals surface area (Å²) in [6, 6.07) is 0. The average molecular weight is 249 g/mol. The van der Waals surface area contributed by atoms with Gasteiger partial charge in [0, 0.05) is 0 Å². The van der Waals surface area contributed by atoms with Crippen molar-refractivity contribution in [1.82, 2.24) is 0 Å². The van der Waals surface area contributed by atoms with Crippen LogP contribution in [0.4, 0.5) is 0 Å². The van der Waals surface area contributed by atoms with E-state index in [1.54, 1.807) is 0 Å². The topological polar surface area (TPSA) is 20.2 Å². The number of rotatable bonds is 8. The fourth-order valence-corrected chi connectivity index (χ4v) is 1.59. The Labute approximate surface area is 90.4 Å². The molecule has 0 aromatic rings. The lowest BCUT2D eigenvalue weighted by atomic mass is 10.1. The second kappa shape index (κ2) is 8.61. The normalized spacial score (nSPS) is 12.8. The molecule has 1 unspecified atom stereocenters. The minimum Gasteiger partial charge on any atom is -0.512 e. The van der Waals surface area contributed by atoms with Gasteiger partial charge < -0.3 is 5.11 Å². The van der Waals surface area contributed by atoms with Gasteiger partial charge in [-0.15, -0.1) is 0 Å². The van der Waals surface area contributed by atoms with E-state index in [0.717, 1.165) is 6.42 Å². The number of alkyl halides is 1. The summed E-state index contributed by atoms with van der Waals surface area (Å²) in [5, 5.41) is 9.02. The third kappa shape index (κ3) is 8.35. The van der Waals surface area contributed by atoms with Gasteiger partial charge in [0.1, 0.15) is 0 Å². The highest BCUT2D eigenvalue weighted by atomic mass is 79.9. The Morgan fingerprint density at radius 3 is 2.31 bits per heavy atom. The summed E-state index contributed by atoms with van der Waals surface area (Å²) in [6.07, 6.45) is 8.78. The lowest BCUT2D eigenvalue weighted by Gasteiger charge is -2.06. The molecule has 0 fully saturated rings. The van der Waals surface area contributed by atoms with Crippen molar-refractivity contribution in [2.75, 3.05) is 0 Å². The summed E-state index contributed by atoms with van der Waals surface area (Å²) < 4.78 is 0. The van der Waals surface area contributed by atoms with Crippen LogP contribution < -0.4 is 0 Å². The Morgan fingerprint density at radius 1 is 1.23 bits per heavy atom. The first-order chi connectivity index (χ1) is 6.18. The standard InChI is InChI=1S/C11H21BrO/c1-3-4-5-6-7-8-9-11(12)10(2)13/h11,13H,2-9H2,1H3. The van der Waals surface area contributed by atoms with E-state index in [0.29, 0.717) is 0 Å². The van der Waals surface area contributed by atoms with Crippen molar-refractivity contribution in [3.63, 3.8) is 0 Å². The van der Waals surface area contributed by atoms with Crippen LogP contribution in [0.3, 0.4) is 0 Å². The fourth-order valence-electron chi connectivity index (χ4n) is 1.27. The van der Waals surface area contributed by atoms with E-state index in [1.807, 2.05) is 0 Å². The summed E-state index contributed by atoms with van der Waals surface area (Å²) in [6.45, 7) is 5.72. The Bertz CT molecular complexity index is 134. The third-order valence-corrected chi connectivity index (χ3v) is 3.16. The van der Waals surface area contributed by atoms with E-state index < -0.39 is 0 Å². The molecule has 0 saturated heterocycles. The number of halogens is 1. The molecule has 0 aromatic heterocycles. The molecule has 0 bridgehead atoms. The second-order valence-electron chi connectivity index (χ2n) is 3.52. The van der Waals surface area contributed by atoms with Gasteiger partial charge in [0.05, 0.1) is 10.6 Å². The highest BCUT2D eigenvalue weighted by molar-refractivity contribution is 9.09. The van der Waals surface area contributed by atoms with Crippen LogP contribution in [0.1, 0.15) is 51.9 Å². The maximum absolute atomic E-state index is 9.02. The zero-order valence-corrected chi connectivity index (χ0v) is 10.1. The van der Waals surface area contributed by atoms with Gasteiger partial charge in [0.2, 0.25) is 0 Å². The van der Waals surface area contributed by atoms with Crippen molar-refractivity contribution >= 4 is 15.9 Å². The minimum absolute atomic E-state index is 0.0960. The molecule has 13 heavy (non-hydrogen) atoms. The Kier molecular flexibility index (Phi) is 8.62. The van der Waals surface area contributed by atoms with Crippen molar-refractivity contribution in [2.45, 2.75) is 56.7 Å². The summed E-state index contributed by atoms with van der Waals surface area (Å²) in [4.78, 5) is 0.0960. The maximum Gasteiger partial charge on any atom is 0.0987 e. The molecule has 1 nitrogen and oxygen atoms in total. The zero-order valence-electron chi connectivity index (χ0n) is 8.56. The quantitative estimate of drug-likeness (QED) is 0.379. The van der Waals surface area contributed by atoms with Gasteiger partial charge in [-0.2, -0.15) is 0 Å². The summed E-state index contributed by atoms with van der Waals surface area (Å²) in [5.41, 5.74) is 0. The molecule has 0 aliphatic rings. The van der Waals surface area contributed by atoms with Crippen LogP contribution >= 0.6 is 15.9 Å². The zero-order chi connectivity index (χ0) is 10.1. The fraction of sp³-hybridized carbons (Fsp3) is 0.818. The van der Waals surface area contributed by atoms with Crippen LogP contribution in [0.15, 0.2) is 12.3 Å². The first-order valence-electron chi connectivity index (χ1n) is 5.20. The van der Waals surface area contributed by atoms with Gasteiger partial charge in [0.15, 0.2) is 0 Å². The number of aliphatic hydroxyl groups is 1. The van der Waals surface area contributed by atoms with Crippen molar-refractivity contribution in [3.8, 4) is 0 Å². The lowest BCUT2D eigenvalue weighted by Crippen LogP contribution is -1.99. The molecule has 0 aromatic carbocycles. The molecule has 0 aliphatic carbocycles. The van der Waals surface area contributed by atoms with Crippen molar-refractivity contribution in [1.29, 1.82) is 0 Å². The maximum atomic E-state index is 9.02. The molecule has 0 amide bonds. The monoisotopic (exact) mass is 248 g/mol. The summed E-state index contributed by atoms with van der Waals surface area (Å²) >= 11 is 3.38. The van der Waals surface area contributed by atoms with Gasteiger partial charge in [-0.1, -0.05) is 68.0 Å². The van der Waals surface area contributed by atoms with Crippen LogP contribution in [0, 0.1) is 0 Å². The molecule has 0 radical (unpaired) electrons. The van der Waals surface area contributed by atoms with Crippen molar-refractivity contribution in [3.05, 3.63) is 12.3 Å². The van der Waals surface area contributed by atoms with E-state index in [-0.39, 0.29) is 10.6 Å². The van der Waals surface area contributed by atoms with Crippen molar-refractivity contribution < 1.29 is 5.11 Å². The largest absolute Gasteiger partial charge is 0.512 e. The number of aliphatic hydroxyl groups excluding tert-OH is 1. The van der Waals surface area contributed by atoms with Crippen LogP contribution in [0.25, 0.3) is 0 Å². The predicted octanol–water partition coefficient (Wildman–Crippen LogP) is 4.57. The van der Waals surface area contributed by atoms with Crippen LogP contribution in [-0.2, 0) is 0 Å². The molecular weight excluding hydrogens is 228 g/mol. The molecule has 78 valence electrons. The van der Waals surface area contributed by atoms with Gasteiger partial charge in [-0.3, -0.25) is 0 Å². The SMILES string of the molecule is C=C(O)C(Br)CCCCCCCC. The van der Waals surface area contributed by atoms with Gasteiger partial charge in [-0.25, -0.2) is 0 Å². The molecule has 0 spiro atoms. The molecule has 0 aliphatic heterocycles. The molecule has 1 atom stereocenters. The van der Waals surface area contributed by atoms with E-state index >= 15 is 0 Å².